The fraction of sp³-hybridized carbons (Fsp3) is 0.333. The molecule has 0 atom stereocenters. The molecule has 1 aromatic carbocycles. The van der Waals surface area contributed by atoms with Gasteiger partial charge >= 0.3 is 6.03 Å². The number of rotatable bonds is 5. The maximum absolute atomic E-state index is 13.4. The predicted octanol–water partition coefficient (Wildman–Crippen LogP) is 3.63. The van der Waals surface area contributed by atoms with E-state index in [0.717, 1.165) is 10.7 Å². The van der Waals surface area contributed by atoms with Crippen molar-refractivity contribution in [2.24, 2.45) is 0 Å². The molecule has 0 spiro atoms. The van der Waals surface area contributed by atoms with Gasteiger partial charge in [0.15, 0.2) is 0 Å². The van der Waals surface area contributed by atoms with Crippen LogP contribution in [0.4, 0.5) is 9.18 Å². The Morgan fingerprint density at radius 1 is 1.50 bits per heavy atom. The third-order valence-corrected chi connectivity index (χ3v) is 4.20. The Kier molecular flexibility index (Phi) is 5.74. The number of aryl methyl sites for hydroxylation is 1. The number of hydrogen-bond acceptors (Lipinski definition) is 3. The van der Waals surface area contributed by atoms with Crippen LogP contribution in [-0.4, -0.2) is 29.5 Å². The van der Waals surface area contributed by atoms with Crippen molar-refractivity contribution in [1.82, 2.24) is 15.2 Å². The molecule has 7 heteroatoms. The minimum Gasteiger partial charge on any atom is -0.338 e. The smallest absolute Gasteiger partial charge is 0.317 e. The van der Waals surface area contributed by atoms with E-state index in [4.69, 9.17) is 11.6 Å². The highest BCUT2D eigenvalue weighted by atomic mass is 35.5. The maximum Gasteiger partial charge on any atom is 0.317 e. The Morgan fingerprint density at radius 3 is 2.91 bits per heavy atom. The topological polar surface area (TPSA) is 45.2 Å². The Morgan fingerprint density at radius 2 is 2.27 bits per heavy atom. The molecule has 2 aromatic rings. The molecule has 0 bridgehead atoms. The highest BCUT2D eigenvalue weighted by Crippen LogP contribution is 2.16. The van der Waals surface area contributed by atoms with Gasteiger partial charge in [-0.1, -0.05) is 17.7 Å². The number of thiazole rings is 1. The summed E-state index contributed by atoms with van der Waals surface area (Å²) in [5.74, 6) is -0.480. The molecular formula is C15H17ClFN3OS. The van der Waals surface area contributed by atoms with Crippen LogP contribution in [-0.2, 0) is 13.0 Å². The summed E-state index contributed by atoms with van der Waals surface area (Å²) in [4.78, 5) is 17.8. The monoisotopic (exact) mass is 341 g/mol. The fourth-order valence-corrected chi connectivity index (χ4v) is 2.70. The zero-order valence-electron chi connectivity index (χ0n) is 12.4. The number of hydrogen-bond donors (Lipinski definition) is 1. The number of nitrogens with one attached hydrogen (secondary N) is 1. The van der Waals surface area contributed by atoms with Crippen molar-refractivity contribution in [3.63, 3.8) is 0 Å². The van der Waals surface area contributed by atoms with Crippen LogP contribution in [0.2, 0.25) is 5.02 Å². The van der Waals surface area contributed by atoms with Crippen molar-refractivity contribution < 1.29 is 9.18 Å². The van der Waals surface area contributed by atoms with Crippen molar-refractivity contribution in [2.45, 2.75) is 19.9 Å². The number of urea groups is 1. The molecule has 4 nitrogen and oxygen atoms in total. The normalized spacial score (nSPS) is 10.5. The lowest BCUT2D eigenvalue weighted by molar-refractivity contribution is 0.207. The molecule has 1 aromatic heterocycles. The summed E-state index contributed by atoms with van der Waals surface area (Å²) < 4.78 is 13.4. The van der Waals surface area contributed by atoms with Crippen LogP contribution in [0.15, 0.2) is 23.6 Å². The molecule has 0 aliphatic heterocycles. The van der Waals surface area contributed by atoms with Gasteiger partial charge < -0.3 is 10.2 Å². The van der Waals surface area contributed by atoms with Crippen LogP contribution < -0.4 is 5.32 Å². The number of carbonyl (C=O) groups excluding carboxylic acids is 1. The molecule has 0 saturated carbocycles. The van der Waals surface area contributed by atoms with E-state index in [-0.39, 0.29) is 11.1 Å². The molecule has 0 radical (unpaired) electrons. The van der Waals surface area contributed by atoms with Gasteiger partial charge in [0.25, 0.3) is 0 Å². The summed E-state index contributed by atoms with van der Waals surface area (Å²) in [6.07, 6.45) is 0.694. The molecule has 2 amide bonds. The molecule has 0 unspecified atom stereocenters. The van der Waals surface area contributed by atoms with E-state index in [1.165, 1.54) is 17.0 Å². The number of carbonyl (C=O) groups is 1. The zero-order chi connectivity index (χ0) is 16.1. The highest BCUT2D eigenvalue weighted by Gasteiger charge is 2.10. The average molecular weight is 342 g/mol. The van der Waals surface area contributed by atoms with E-state index in [1.807, 2.05) is 12.3 Å². The third-order valence-electron chi connectivity index (χ3n) is 3.07. The first kappa shape index (κ1) is 16.7. The van der Waals surface area contributed by atoms with E-state index >= 15 is 0 Å². The van der Waals surface area contributed by atoms with E-state index in [1.54, 1.807) is 24.5 Å². The molecule has 0 aliphatic rings. The Balaban J connectivity index is 1.80. The fourth-order valence-electron chi connectivity index (χ4n) is 1.94. The van der Waals surface area contributed by atoms with E-state index in [0.29, 0.717) is 25.1 Å². The van der Waals surface area contributed by atoms with Gasteiger partial charge in [0.05, 0.1) is 15.7 Å². The van der Waals surface area contributed by atoms with Gasteiger partial charge in [-0.2, -0.15) is 0 Å². The second kappa shape index (κ2) is 7.56. The van der Waals surface area contributed by atoms with Crippen LogP contribution in [0.3, 0.4) is 0 Å². The Bertz CT molecular complexity index is 662. The largest absolute Gasteiger partial charge is 0.338 e. The van der Waals surface area contributed by atoms with Gasteiger partial charge in [-0.3, -0.25) is 0 Å². The average Bonchev–Trinajstić information content (AvgIpc) is 2.88. The summed E-state index contributed by atoms with van der Waals surface area (Å²) in [6.45, 7) is 2.78. The van der Waals surface area contributed by atoms with E-state index in [9.17, 15) is 9.18 Å². The third kappa shape index (κ3) is 4.68. The molecular weight excluding hydrogens is 325 g/mol. The quantitative estimate of drug-likeness (QED) is 0.902. The second-order valence-corrected chi connectivity index (χ2v) is 6.41. The first-order valence-corrected chi connectivity index (χ1v) is 8.05. The van der Waals surface area contributed by atoms with Crippen LogP contribution in [0.25, 0.3) is 0 Å². The summed E-state index contributed by atoms with van der Waals surface area (Å²) in [7, 11) is 1.66. The SMILES string of the molecule is Cc1nc(CCNC(=O)N(C)Cc2ccc(Cl)c(F)c2)cs1. The first-order valence-electron chi connectivity index (χ1n) is 6.79. The van der Waals surface area contributed by atoms with E-state index in [2.05, 4.69) is 10.3 Å². The number of nitrogens with zero attached hydrogens (tertiary/aromatic N) is 2. The Labute approximate surface area is 137 Å². The van der Waals surface area contributed by atoms with Crippen LogP contribution in [0.5, 0.6) is 0 Å². The zero-order valence-corrected chi connectivity index (χ0v) is 14.0. The Hall–Kier alpha value is -1.66. The van der Waals surface area contributed by atoms with Gasteiger partial charge in [0, 0.05) is 31.9 Å². The molecule has 0 fully saturated rings. The molecule has 22 heavy (non-hydrogen) atoms. The van der Waals surface area contributed by atoms with Crippen molar-refractivity contribution >= 4 is 29.0 Å². The van der Waals surface area contributed by atoms with Gasteiger partial charge in [0.2, 0.25) is 0 Å². The first-order chi connectivity index (χ1) is 10.5. The van der Waals surface area contributed by atoms with Gasteiger partial charge in [-0.05, 0) is 24.6 Å². The van der Waals surface area contributed by atoms with Gasteiger partial charge in [-0.25, -0.2) is 14.2 Å². The van der Waals surface area contributed by atoms with E-state index < -0.39 is 5.82 Å². The van der Waals surface area contributed by atoms with Crippen molar-refractivity contribution in [1.29, 1.82) is 0 Å². The molecule has 118 valence electrons. The minimum absolute atomic E-state index is 0.0782. The lowest BCUT2D eigenvalue weighted by atomic mass is 10.2. The van der Waals surface area contributed by atoms with Crippen LogP contribution in [0.1, 0.15) is 16.3 Å². The van der Waals surface area contributed by atoms with Crippen LogP contribution >= 0.6 is 22.9 Å². The van der Waals surface area contributed by atoms with Crippen molar-refractivity contribution in [3.8, 4) is 0 Å². The lowest BCUT2D eigenvalue weighted by Gasteiger charge is -2.18. The van der Waals surface area contributed by atoms with Crippen molar-refractivity contribution in [3.05, 3.63) is 50.7 Å². The summed E-state index contributed by atoms with van der Waals surface area (Å²) >= 11 is 7.23. The predicted molar refractivity (Wildman–Crippen MR) is 86.8 cm³/mol. The summed E-state index contributed by atoms with van der Waals surface area (Å²) in [6, 6.07) is 4.32. The summed E-state index contributed by atoms with van der Waals surface area (Å²) in [5.41, 5.74) is 1.67. The van der Waals surface area contributed by atoms with Crippen molar-refractivity contribution in [2.75, 3.05) is 13.6 Å². The van der Waals surface area contributed by atoms with Gasteiger partial charge in [-0.15, -0.1) is 11.3 Å². The molecule has 0 saturated heterocycles. The van der Waals surface area contributed by atoms with Gasteiger partial charge in [0.1, 0.15) is 5.82 Å². The number of aromatic nitrogens is 1. The number of benzene rings is 1. The molecule has 0 aliphatic carbocycles. The second-order valence-electron chi connectivity index (χ2n) is 4.94. The molecule has 1 heterocycles. The van der Waals surface area contributed by atoms with Crippen LogP contribution in [0, 0.1) is 12.7 Å². The number of halogens is 2. The maximum atomic E-state index is 13.4. The standard InChI is InChI=1S/C15H17ClFN3OS/c1-10-19-12(9-22-10)5-6-18-15(21)20(2)8-11-3-4-13(16)14(17)7-11/h3-4,7,9H,5-6,8H2,1-2H3,(H,18,21). The lowest BCUT2D eigenvalue weighted by Crippen LogP contribution is -2.37. The molecule has 1 N–H and O–H groups in total. The molecule has 2 rings (SSSR count). The highest BCUT2D eigenvalue weighted by molar-refractivity contribution is 7.09. The minimum atomic E-state index is -0.480. The summed E-state index contributed by atoms with van der Waals surface area (Å²) in [5, 5.41) is 5.90. The number of amides is 2.